The Morgan fingerprint density at radius 3 is 2.55 bits per heavy atom. The van der Waals surface area contributed by atoms with E-state index in [2.05, 4.69) is 20.3 Å². The molecule has 0 saturated heterocycles. The van der Waals surface area contributed by atoms with Crippen LogP contribution in [0.4, 0.5) is 5.82 Å². The first kappa shape index (κ1) is 21.8. The van der Waals surface area contributed by atoms with E-state index in [1.54, 1.807) is 32.0 Å². The lowest BCUT2D eigenvalue weighted by Gasteiger charge is -2.15. The zero-order valence-electron chi connectivity index (χ0n) is 17.8. The first-order chi connectivity index (χ1) is 14.7. The second-order valence-electron chi connectivity index (χ2n) is 7.26. The van der Waals surface area contributed by atoms with E-state index in [1.807, 2.05) is 13.0 Å². The number of aromatic nitrogens is 4. The number of aromatic amines is 1. The van der Waals surface area contributed by atoms with E-state index in [4.69, 9.17) is 0 Å². The quantitative estimate of drug-likeness (QED) is 0.584. The summed E-state index contributed by atoms with van der Waals surface area (Å²) in [6.45, 7) is 6.73. The van der Waals surface area contributed by atoms with Gasteiger partial charge in [0.2, 0.25) is 11.7 Å². The van der Waals surface area contributed by atoms with Crippen molar-refractivity contribution in [1.29, 1.82) is 0 Å². The number of nitrogens with one attached hydrogen (secondary N) is 2. The van der Waals surface area contributed by atoms with Crippen molar-refractivity contribution in [3.8, 4) is 0 Å². The molecule has 0 aliphatic carbocycles. The molecule has 3 heterocycles. The molecule has 2 N–H and O–H groups in total. The first-order valence-electron chi connectivity index (χ1n) is 9.78. The van der Waals surface area contributed by atoms with Gasteiger partial charge in [0.05, 0.1) is 6.54 Å². The molecule has 0 unspecified atom stereocenters. The molecule has 0 bridgehead atoms. The smallest absolute Gasteiger partial charge is 0.311 e. The number of carbonyl (C=O) groups is 2. The average Bonchev–Trinajstić information content (AvgIpc) is 2.68. The van der Waals surface area contributed by atoms with Crippen LogP contribution >= 0.6 is 0 Å². The Kier molecular flexibility index (Phi) is 6.24. The number of pyridine rings is 2. The Balaban J connectivity index is 2.17. The molecule has 0 radical (unpaired) electrons. The maximum absolute atomic E-state index is 13.4. The third kappa shape index (κ3) is 4.82. The lowest BCUT2D eigenvalue weighted by atomic mass is 10.0. The van der Waals surface area contributed by atoms with Crippen LogP contribution < -0.4 is 16.6 Å². The van der Waals surface area contributed by atoms with E-state index in [0.717, 1.165) is 5.56 Å². The van der Waals surface area contributed by atoms with Crippen LogP contribution in [0.1, 0.15) is 52.4 Å². The standard InChI is InChI=1S/C22H23N5O4/c1-5-16-19(20(29)17-9-12(2)8-13(3)24-17)27(22(31)26-21(16)30)11-15-6-7-23-18(10-15)25-14(4)28/h6-10H,5,11H2,1-4H3,(H,23,25,28)(H,26,30,31). The summed E-state index contributed by atoms with van der Waals surface area (Å²) in [5.41, 5.74) is 1.22. The summed E-state index contributed by atoms with van der Waals surface area (Å²) in [7, 11) is 0. The minimum atomic E-state index is -0.701. The van der Waals surface area contributed by atoms with Gasteiger partial charge in [0, 0.05) is 24.4 Å². The Hall–Kier alpha value is -3.88. The molecule has 0 aliphatic rings. The van der Waals surface area contributed by atoms with Crippen LogP contribution in [-0.4, -0.2) is 31.2 Å². The topological polar surface area (TPSA) is 127 Å². The van der Waals surface area contributed by atoms with Gasteiger partial charge in [-0.2, -0.15) is 0 Å². The molecular formula is C22H23N5O4. The van der Waals surface area contributed by atoms with E-state index < -0.39 is 17.0 Å². The summed E-state index contributed by atoms with van der Waals surface area (Å²) in [5.74, 6) is -0.457. The number of anilines is 1. The van der Waals surface area contributed by atoms with Gasteiger partial charge in [0.25, 0.3) is 5.56 Å². The molecule has 3 aromatic rings. The maximum atomic E-state index is 13.4. The maximum Gasteiger partial charge on any atom is 0.329 e. The van der Waals surface area contributed by atoms with Crippen LogP contribution in [0, 0.1) is 13.8 Å². The van der Waals surface area contributed by atoms with Crippen molar-refractivity contribution in [1.82, 2.24) is 19.5 Å². The molecular weight excluding hydrogens is 398 g/mol. The van der Waals surface area contributed by atoms with Gasteiger partial charge in [0.15, 0.2) is 0 Å². The van der Waals surface area contributed by atoms with E-state index in [0.29, 0.717) is 17.1 Å². The van der Waals surface area contributed by atoms with Crippen LogP contribution in [0.25, 0.3) is 0 Å². The normalized spacial score (nSPS) is 10.7. The monoisotopic (exact) mass is 421 g/mol. The predicted molar refractivity (Wildman–Crippen MR) is 115 cm³/mol. The van der Waals surface area contributed by atoms with Gasteiger partial charge in [-0.1, -0.05) is 6.92 Å². The summed E-state index contributed by atoms with van der Waals surface area (Å²) in [6, 6.07) is 6.74. The molecule has 3 rings (SSSR count). The molecule has 3 aromatic heterocycles. The highest BCUT2D eigenvalue weighted by molar-refractivity contribution is 6.07. The van der Waals surface area contributed by atoms with E-state index in [-0.39, 0.29) is 35.8 Å². The number of hydrogen-bond acceptors (Lipinski definition) is 6. The lowest BCUT2D eigenvalue weighted by molar-refractivity contribution is -0.114. The van der Waals surface area contributed by atoms with Crippen LogP contribution in [0.3, 0.4) is 0 Å². The van der Waals surface area contributed by atoms with Crippen LogP contribution in [0.15, 0.2) is 40.1 Å². The Morgan fingerprint density at radius 2 is 1.90 bits per heavy atom. The summed E-state index contributed by atoms with van der Waals surface area (Å²) in [6.07, 6.45) is 1.75. The van der Waals surface area contributed by atoms with Crippen molar-refractivity contribution in [3.63, 3.8) is 0 Å². The second kappa shape index (κ2) is 8.86. The summed E-state index contributed by atoms with van der Waals surface area (Å²) >= 11 is 0. The van der Waals surface area contributed by atoms with Gasteiger partial charge < -0.3 is 5.32 Å². The van der Waals surface area contributed by atoms with Crippen LogP contribution in [0.5, 0.6) is 0 Å². The minimum Gasteiger partial charge on any atom is -0.311 e. The second-order valence-corrected chi connectivity index (χ2v) is 7.26. The van der Waals surface area contributed by atoms with E-state index in [1.165, 1.54) is 17.7 Å². The number of carbonyl (C=O) groups excluding carboxylic acids is 2. The van der Waals surface area contributed by atoms with Crippen LogP contribution in [-0.2, 0) is 17.8 Å². The third-order valence-electron chi connectivity index (χ3n) is 4.66. The molecule has 0 aliphatic heterocycles. The number of H-pyrrole nitrogens is 1. The van der Waals surface area contributed by atoms with Crippen molar-refractivity contribution < 1.29 is 9.59 Å². The van der Waals surface area contributed by atoms with Crippen molar-refractivity contribution in [2.75, 3.05) is 5.32 Å². The van der Waals surface area contributed by atoms with Gasteiger partial charge in [-0.15, -0.1) is 0 Å². The fraction of sp³-hybridized carbons (Fsp3) is 0.273. The van der Waals surface area contributed by atoms with Crippen molar-refractivity contribution in [2.45, 2.75) is 40.7 Å². The van der Waals surface area contributed by atoms with E-state index in [9.17, 15) is 19.2 Å². The molecule has 0 saturated carbocycles. The molecule has 1 amide bonds. The number of rotatable bonds is 6. The molecule has 0 fully saturated rings. The fourth-order valence-corrected chi connectivity index (χ4v) is 3.43. The van der Waals surface area contributed by atoms with Gasteiger partial charge in [0.1, 0.15) is 17.2 Å². The zero-order chi connectivity index (χ0) is 22.7. The highest BCUT2D eigenvalue weighted by atomic mass is 16.2. The van der Waals surface area contributed by atoms with Gasteiger partial charge in [-0.3, -0.25) is 23.9 Å². The number of aryl methyl sites for hydroxylation is 2. The summed E-state index contributed by atoms with van der Waals surface area (Å²) in [5, 5.41) is 2.58. The lowest BCUT2D eigenvalue weighted by Crippen LogP contribution is -2.37. The minimum absolute atomic E-state index is 0.00356. The zero-order valence-corrected chi connectivity index (χ0v) is 17.8. The van der Waals surface area contributed by atoms with Gasteiger partial charge >= 0.3 is 5.69 Å². The average molecular weight is 421 g/mol. The van der Waals surface area contributed by atoms with Gasteiger partial charge in [-0.25, -0.2) is 14.8 Å². The highest BCUT2D eigenvalue weighted by Crippen LogP contribution is 2.15. The first-order valence-corrected chi connectivity index (χ1v) is 9.78. The number of nitrogens with zero attached hydrogens (tertiary/aromatic N) is 3. The fourth-order valence-electron chi connectivity index (χ4n) is 3.43. The molecule has 9 nitrogen and oxygen atoms in total. The summed E-state index contributed by atoms with van der Waals surface area (Å²) < 4.78 is 1.23. The molecule has 0 atom stereocenters. The van der Waals surface area contributed by atoms with Crippen molar-refractivity contribution in [3.05, 3.63) is 85.1 Å². The summed E-state index contributed by atoms with van der Waals surface area (Å²) in [4.78, 5) is 60.5. The number of ketones is 1. The molecule has 160 valence electrons. The number of hydrogen-bond donors (Lipinski definition) is 2. The predicted octanol–water partition coefficient (Wildman–Crippen LogP) is 1.74. The third-order valence-corrected chi connectivity index (χ3v) is 4.66. The highest BCUT2D eigenvalue weighted by Gasteiger charge is 2.23. The largest absolute Gasteiger partial charge is 0.329 e. The van der Waals surface area contributed by atoms with Gasteiger partial charge in [-0.05, 0) is 55.7 Å². The Morgan fingerprint density at radius 1 is 1.16 bits per heavy atom. The van der Waals surface area contributed by atoms with Crippen LogP contribution in [0.2, 0.25) is 0 Å². The Bertz CT molecular complexity index is 1270. The molecule has 0 spiro atoms. The molecule has 31 heavy (non-hydrogen) atoms. The van der Waals surface area contributed by atoms with Crippen molar-refractivity contribution >= 4 is 17.5 Å². The molecule has 9 heteroatoms. The SMILES string of the molecule is CCc1c(C(=O)c2cc(C)cc(C)n2)n(Cc2ccnc(NC(C)=O)c2)c(=O)[nH]c1=O. The Labute approximate surface area is 178 Å². The van der Waals surface area contributed by atoms with E-state index >= 15 is 0 Å². The van der Waals surface area contributed by atoms with Crippen molar-refractivity contribution in [2.24, 2.45) is 0 Å². The molecule has 0 aromatic carbocycles. The number of amides is 1.